The SMILES string of the molecule is CN(C)c1ccc(/C=C(\NC(=O)c2ccccc2)C(=O)N/N=C\c2ccc(OCc3ccccc3)cc2)cc1. The summed E-state index contributed by atoms with van der Waals surface area (Å²) in [5, 5.41) is 6.79. The molecular weight excluding hydrogens is 488 g/mol. The summed E-state index contributed by atoms with van der Waals surface area (Å²) in [6, 6.07) is 33.6. The van der Waals surface area contributed by atoms with Gasteiger partial charge in [0.1, 0.15) is 18.1 Å². The number of rotatable bonds is 10. The van der Waals surface area contributed by atoms with Crippen LogP contribution in [0.15, 0.2) is 120 Å². The Bertz CT molecular complexity index is 1430. The molecule has 0 saturated carbocycles. The van der Waals surface area contributed by atoms with Crippen molar-refractivity contribution in [2.24, 2.45) is 5.10 Å². The van der Waals surface area contributed by atoms with Crippen LogP contribution in [0.1, 0.15) is 27.0 Å². The fourth-order valence-corrected chi connectivity index (χ4v) is 3.59. The highest BCUT2D eigenvalue weighted by Crippen LogP contribution is 2.15. The van der Waals surface area contributed by atoms with Gasteiger partial charge in [0.15, 0.2) is 0 Å². The van der Waals surface area contributed by atoms with Crippen LogP contribution in [0.4, 0.5) is 5.69 Å². The van der Waals surface area contributed by atoms with Crippen molar-refractivity contribution >= 4 is 29.8 Å². The molecule has 2 amide bonds. The van der Waals surface area contributed by atoms with E-state index < -0.39 is 11.8 Å². The van der Waals surface area contributed by atoms with Crippen molar-refractivity contribution in [3.05, 3.63) is 137 Å². The number of amides is 2. The number of anilines is 1. The molecule has 4 rings (SSSR count). The number of hydrogen-bond acceptors (Lipinski definition) is 5. The first kappa shape index (κ1) is 26.9. The molecule has 0 aliphatic heterocycles. The van der Waals surface area contributed by atoms with E-state index in [1.165, 1.54) is 6.21 Å². The Balaban J connectivity index is 1.42. The van der Waals surface area contributed by atoms with Gasteiger partial charge in [-0.3, -0.25) is 9.59 Å². The van der Waals surface area contributed by atoms with Gasteiger partial charge in [0.2, 0.25) is 0 Å². The maximum atomic E-state index is 13.0. The molecule has 0 heterocycles. The lowest BCUT2D eigenvalue weighted by atomic mass is 10.1. The minimum Gasteiger partial charge on any atom is -0.489 e. The summed E-state index contributed by atoms with van der Waals surface area (Å²) >= 11 is 0. The van der Waals surface area contributed by atoms with Crippen LogP contribution in [0.2, 0.25) is 0 Å². The number of benzene rings is 4. The summed E-state index contributed by atoms with van der Waals surface area (Å²) in [7, 11) is 3.90. The van der Waals surface area contributed by atoms with E-state index in [9.17, 15) is 9.59 Å². The minimum absolute atomic E-state index is 0.0725. The van der Waals surface area contributed by atoms with E-state index in [2.05, 4.69) is 15.8 Å². The molecule has 0 spiro atoms. The first-order valence-corrected chi connectivity index (χ1v) is 12.4. The highest BCUT2D eigenvalue weighted by molar-refractivity contribution is 6.05. The van der Waals surface area contributed by atoms with Crippen molar-refractivity contribution in [3.8, 4) is 5.75 Å². The zero-order valence-corrected chi connectivity index (χ0v) is 21.9. The van der Waals surface area contributed by atoms with Gasteiger partial charge in [0, 0.05) is 25.3 Å². The lowest BCUT2D eigenvalue weighted by molar-refractivity contribution is -0.117. The van der Waals surface area contributed by atoms with E-state index in [4.69, 9.17) is 4.74 Å². The van der Waals surface area contributed by atoms with Crippen molar-refractivity contribution in [2.45, 2.75) is 6.61 Å². The topological polar surface area (TPSA) is 83.0 Å². The largest absolute Gasteiger partial charge is 0.489 e. The molecule has 7 nitrogen and oxygen atoms in total. The molecular formula is C32H30N4O3. The fourth-order valence-electron chi connectivity index (χ4n) is 3.59. The number of carbonyl (C=O) groups is 2. The molecule has 7 heteroatoms. The maximum absolute atomic E-state index is 13.0. The van der Waals surface area contributed by atoms with Crippen molar-refractivity contribution in [3.63, 3.8) is 0 Å². The summed E-state index contributed by atoms with van der Waals surface area (Å²) in [6.07, 6.45) is 3.14. The van der Waals surface area contributed by atoms with E-state index in [0.29, 0.717) is 12.2 Å². The standard InChI is InChI=1S/C32H30N4O3/c1-36(2)28-17-13-24(14-18-28)21-30(34-31(37)27-11-7-4-8-12-27)32(38)35-33-22-25-15-19-29(20-16-25)39-23-26-9-5-3-6-10-26/h3-22H,23H2,1-2H3,(H,34,37)(H,35,38)/b30-21-,33-22-. The van der Waals surface area contributed by atoms with E-state index in [1.54, 1.807) is 30.3 Å². The van der Waals surface area contributed by atoms with Gasteiger partial charge >= 0.3 is 0 Å². The van der Waals surface area contributed by atoms with Crippen LogP contribution in [0, 0.1) is 0 Å². The van der Waals surface area contributed by atoms with Crippen LogP contribution in [0.3, 0.4) is 0 Å². The van der Waals surface area contributed by atoms with E-state index in [-0.39, 0.29) is 5.70 Å². The zero-order valence-electron chi connectivity index (χ0n) is 21.9. The second-order valence-electron chi connectivity index (χ2n) is 8.91. The number of carbonyl (C=O) groups excluding carboxylic acids is 2. The van der Waals surface area contributed by atoms with Gasteiger partial charge in [-0.2, -0.15) is 5.10 Å². The predicted molar refractivity (Wildman–Crippen MR) is 156 cm³/mol. The lowest BCUT2D eigenvalue weighted by Crippen LogP contribution is -2.32. The van der Waals surface area contributed by atoms with Crippen LogP contribution in [0.5, 0.6) is 5.75 Å². The Morgan fingerprint density at radius 2 is 1.41 bits per heavy atom. The van der Waals surface area contributed by atoms with E-state index in [1.807, 2.05) is 104 Å². The molecule has 0 aliphatic rings. The smallest absolute Gasteiger partial charge is 0.287 e. The van der Waals surface area contributed by atoms with Gasteiger partial charge in [0.25, 0.3) is 11.8 Å². The third kappa shape index (κ3) is 8.16. The van der Waals surface area contributed by atoms with Crippen LogP contribution < -0.4 is 20.4 Å². The van der Waals surface area contributed by atoms with Crippen molar-refractivity contribution in [1.82, 2.24) is 10.7 Å². The van der Waals surface area contributed by atoms with Gasteiger partial charge in [-0.15, -0.1) is 0 Å². The highest BCUT2D eigenvalue weighted by atomic mass is 16.5. The number of nitrogens with zero attached hydrogens (tertiary/aromatic N) is 2. The number of ether oxygens (including phenoxy) is 1. The van der Waals surface area contributed by atoms with Crippen LogP contribution in [-0.4, -0.2) is 32.1 Å². The fraction of sp³-hybridized carbons (Fsp3) is 0.0938. The van der Waals surface area contributed by atoms with Gasteiger partial charge in [-0.05, 0) is 71.3 Å². The quantitative estimate of drug-likeness (QED) is 0.171. The van der Waals surface area contributed by atoms with E-state index >= 15 is 0 Å². The first-order valence-electron chi connectivity index (χ1n) is 12.4. The minimum atomic E-state index is -0.546. The summed E-state index contributed by atoms with van der Waals surface area (Å²) in [5.74, 6) is -0.207. The average Bonchev–Trinajstić information content (AvgIpc) is 2.97. The number of hydrazone groups is 1. The highest BCUT2D eigenvalue weighted by Gasteiger charge is 2.14. The lowest BCUT2D eigenvalue weighted by Gasteiger charge is -2.12. The molecule has 0 unspecified atom stereocenters. The molecule has 0 aromatic heterocycles. The second kappa shape index (κ2) is 13.4. The molecule has 39 heavy (non-hydrogen) atoms. The average molecular weight is 519 g/mol. The van der Waals surface area contributed by atoms with Gasteiger partial charge in [0.05, 0.1) is 6.21 Å². The van der Waals surface area contributed by atoms with Crippen molar-refractivity contribution in [2.75, 3.05) is 19.0 Å². The van der Waals surface area contributed by atoms with Crippen molar-refractivity contribution < 1.29 is 14.3 Å². The van der Waals surface area contributed by atoms with E-state index in [0.717, 1.165) is 28.1 Å². The molecule has 4 aromatic carbocycles. The molecule has 0 atom stereocenters. The summed E-state index contributed by atoms with van der Waals surface area (Å²) in [5.41, 5.74) is 6.67. The van der Waals surface area contributed by atoms with Crippen LogP contribution >= 0.6 is 0 Å². The molecule has 0 saturated heterocycles. The van der Waals surface area contributed by atoms with Gasteiger partial charge in [-0.1, -0.05) is 60.7 Å². The number of hydrogen-bond donors (Lipinski definition) is 2. The predicted octanol–water partition coefficient (Wildman–Crippen LogP) is 5.25. The van der Waals surface area contributed by atoms with Gasteiger partial charge in [-0.25, -0.2) is 5.43 Å². The Kier molecular flexibility index (Phi) is 9.23. The zero-order chi connectivity index (χ0) is 27.5. The monoisotopic (exact) mass is 518 g/mol. The molecule has 2 N–H and O–H groups in total. The third-order valence-corrected chi connectivity index (χ3v) is 5.76. The molecule has 0 radical (unpaired) electrons. The van der Waals surface area contributed by atoms with Crippen molar-refractivity contribution in [1.29, 1.82) is 0 Å². The third-order valence-electron chi connectivity index (χ3n) is 5.76. The van der Waals surface area contributed by atoms with Crippen LogP contribution in [0.25, 0.3) is 6.08 Å². The molecule has 4 aromatic rings. The number of nitrogens with one attached hydrogen (secondary N) is 2. The Labute approximate surface area is 228 Å². The van der Waals surface area contributed by atoms with Gasteiger partial charge < -0.3 is 15.0 Å². The Morgan fingerprint density at radius 3 is 2.05 bits per heavy atom. The summed E-state index contributed by atoms with van der Waals surface area (Å²) < 4.78 is 5.81. The Morgan fingerprint density at radius 1 is 0.795 bits per heavy atom. The van der Waals surface area contributed by atoms with Crippen LogP contribution in [-0.2, 0) is 11.4 Å². The Hall–Kier alpha value is -5.17. The summed E-state index contributed by atoms with van der Waals surface area (Å²) in [4.78, 5) is 27.8. The summed E-state index contributed by atoms with van der Waals surface area (Å²) in [6.45, 7) is 0.478. The first-order chi connectivity index (χ1) is 19.0. The molecule has 196 valence electrons. The normalized spacial score (nSPS) is 11.2. The molecule has 0 bridgehead atoms. The maximum Gasteiger partial charge on any atom is 0.287 e. The second-order valence-corrected chi connectivity index (χ2v) is 8.91. The molecule has 0 aliphatic carbocycles. The molecule has 0 fully saturated rings.